The van der Waals surface area contributed by atoms with E-state index >= 15 is 0 Å². The molecule has 24 heavy (non-hydrogen) atoms. The minimum atomic E-state index is 0.169. The SMILES string of the molecule is COCCNC(=O)CCC1CCN(C[C@H](C)CCC=C(C)C)CC1. The summed E-state index contributed by atoms with van der Waals surface area (Å²) in [5.74, 6) is 1.65. The van der Waals surface area contributed by atoms with Gasteiger partial charge in [-0.05, 0) is 70.9 Å². The van der Waals surface area contributed by atoms with Crippen LogP contribution in [0.25, 0.3) is 0 Å². The van der Waals surface area contributed by atoms with Crippen LogP contribution in [0, 0.1) is 11.8 Å². The largest absolute Gasteiger partial charge is 0.383 e. The molecule has 0 radical (unpaired) electrons. The van der Waals surface area contributed by atoms with Crippen LogP contribution in [0.3, 0.4) is 0 Å². The molecule has 0 saturated carbocycles. The fourth-order valence-corrected chi connectivity index (χ4v) is 3.36. The summed E-state index contributed by atoms with van der Waals surface area (Å²) in [5.41, 5.74) is 1.43. The van der Waals surface area contributed by atoms with E-state index in [9.17, 15) is 4.79 Å². The van der Waals surface area contributed by atoms with Gasteiger partial charge < -0.3 is 15.0 Å². The number of hydrogen-bond donors (Lipinski definition) is 1. The second-order valence-corrected chi connectivity index (χ2v) is 7.59. The molecule has 0 aliphatic carbocycles. The highest BCUT2D eigenvalue weighted by Crippen LogP contribution is 2.23. The van der Waals surface area contributed by atoms with Crippen molar-refractivity contribution in [3.05, 3.63) is 11.6 Å². The van der Waals surface area contributed by atoms with Gasteiger partial charge in [-0.15, -0.1) is 0 Å². The molecular weight excluding hydrogens is 300 g/mol. The van der Waals surface area contributed by atoms with E-state index < -0.39 is 0 Å². The molecule has 1 aliphatic rings. The quantitative estimate of drug-likeness (QED) is 0.462. The summed E-state index contributed by atoms with van der Waals surface area (Å²) in [6, 6.07) is 0. The molecule has 4 nitrogen and oxygen atoms in total. The molecule has 1 aliphatic heterocycles. The molecule has 0 unspecified atom stereocenters. The van der Waals surface area contributed by atoms with Gasteiger partial charge in [0.2, 0.25) is 5.91 Å². The summed E-state index contributed by atoms with van der Waals surface area (Å²) >= 11 is 0. The zero-order valence-corrected chi connectivity index (χ0v) is 16.3. The number of likely N-dealkylation sites (tertiary alicyclic amines) is 1. The fourth-order valence-electron chi connectivity index (χ4n) is 3.36. The number of piperidine rings is 1. The third-order valence-electron chi connectivity index (χ3n) is 4.90. The van der Waals surface area contributed by atoms with E-state index in [4.69, 9.17) is 4.74 Å². The van der Waals surface area contributed by atoms with Gasteiger partial charge in [-0.3, -0.25) is 4.79 Å². The van der Waals surface area contributed by atoms with Crippen LogP contribution in [0.4, 0.5) is 0 Å². The van der Waals surface area contributed by atoms with E-state index in [1.165, 1.54) is 50.9 Å². The van der Waals surface area contributed by atoms with Gasteiger partial charge in [0, 0.05) is 26.6 Å². The molecule has 0 aromatic rings. The lowest BCUT2D eigenvalue weighted by Crippen LogP contribution is -2.37. The first-order chi connectivity index (χ1) is 11.5. The third-order valence-corrected chi connectivity index (χ3v) is 4.90. The van der Waals surface area contributed by atoms with Gasteiger partial charge in [-0.2, -0.15) is 0 Å². The molecular formula is C20H38N2O2. The highest BCUT2D eigenvalue weighted by Gasteiger charge is 2.20. The Morgan fingerprint density at radius 3 is 2.67 bits per heavy atom. The standard InChI is InChI=1S/C20H38N2O2/c1-17(2)6-5-7-18(3)16-22-13-10-19(11-14-22)8-9-20(23)21-12-15-24-4/h6,18-19H,5,7-16H2,1-4H3,(H,21,23)/t18-/m1/s1. The van der Waals surface area contributed by atoms with Gasteiger partial charge in [0.15, 0.2) is 0 Å². The molecule has 0 aromatic carbocycles. The lowest BCUT2D eigenvalue weighted by Gasteiger charge is -2.33. The first-order valence-corrected chi connectivity index (χ1v) is 9.62. The second-order valence-electron chi connectivity index (χ2n) is 7.59. The predicted octanol–water partition coefficient (Wildman–Crippen LogP) is 3.62. The van der Waals surface area contributed by atoms with Crippen molar-refractivity contribution in [2.24, 2.45) is 11.8 Å². The Kier molecular flexibility index (Phi) is 11.0. The zero-order chi connectivity index (χ0) is 17.8. The third kappa shape index (κ3) is 10.1. The zero-order valence-electron chi connectivity index (χ0n) is 16.3. The van der Waals surface area contributed by atoms with E-state index in [1.54, 1.807) is 7.11 Å². The Labute approximate surface area is 149 Å². The summed E-state index contributed by atoms with van der Waals surface area (Å²) < 4.78 is 4.94. The molecule has 0 bridgehead atoms. The molecule has 1 rings (SSSR count). The molecule has 140 valence electrons. The van der Waals surface area contributed by atoms with Crippen LogP contribution in [0.1, 0.15) is 59.3 Å². The minimum absolute atomic E-state index is 0.169. The number of nitrogens with zero attached hydrogens (tertiary/aromatic N) is 1. The van der Waals surface area contributed by atoms with Crippen LogP contribution in [0.15, 0.2) is 11.6 Å². The number of methoxy groups -OCH3 is 1. The number of allylic oxidation sites excluding steroid dienone is 2. The van der Waals surface area contributed by atoms with Crippen molar-refractivity contribution in [3.63, 3.8) is 0 Å². The van der Waals surface area contributed by atoms with Gasteiger partial charge in [0.05, 0.1) is 6.61 Å². The molecule has 1 fully saturated rings. The number of carbonyl (C=O) groups excluding carboxylic acids is 1. The summed E-state index contributed by atoms with van der Waals surface area (Å²) in [6.07, 6.45) is 9.01. The van der Waals surface area contributed by atoms with Crippen LogP contribution in [0.5, 0.6) is 0 Å². The maximum absolute atomic E-state index is 11.7. The summed E-state index contributed by atoms with van der Waals surface area (Å²) in [7, 11) is 1.66. The Balaban J connectivity index is 2.11. The Morgan fingerprint density at radius 2 is 2.04 bits per heavy atom. The average molecular weight is 339 g/mol. The Morgan fingerprint density at radius 1 is 1.33 bits per heavy atom. The number of nitrogens with one attached hydrogen (secondary N) is 1. The lowest BCUT2D eigenvalue weighted by atomic mass is 9.91. The Hall–Kier alpha value is -0.870. The Bertz CT molecular complexity index is 370. The van der Waals surface area contributed by atoms with Gasteiger partial charge in [-0.1, -0.05) is 18.6 Å². The van der Waals surface area contributed by atoms with Crippen LogP contribution in [-0.2, 0) is 9.53 Å². The first kappa shape index (κ1) is 21.2. The van der Waals surface area contributed by atoms with Gasteiger partial charge in [0.25, 0.3) is 0 Å². The van der Waals surface area contributed by atoms with E-state index in [0.29, 0.717) is 19.6 Å². The van der Waals surface area contributed by atoms with Crippen molar-refractivity contribution in [2.75, 3.05) is 39.9 Å². The summed E-state index contributed by atoms with van der Waals surface area (Å²) in [4.78, 5) is 14.4. The van der Waals surface area contributed by atoms with Crippen LogP contribution < -0.4 is 5.32 Å². The van der Waals surface area contributed by atoms with E-state index in [0.717, 1.165) is 18.3 Å². The van der Waals surface area contributed by atoms with Gasteiger partial charge >= 0.3 is 0 Å². The number of carbonyl (C=O) groups is 1. The number of hydrogen-bond acceptors (Lipinski definition) is 3. The van der Waals surface area contributed by atoms with Crippen molar-refractivity contribution in [1.82, 2.24) is 10.2 Å². The van der Waals surface area contributed by atoms with Crippen molar-refractivity contribution in [2.45, 2.75) is 59.3 Å². The molecule has 1 heterocycles. The van der Waals surface area contributed by atoms with E-state index in [1.807, 2.05) is 0 Å². The number of amides is 1. The first-order valence-electron chi connectivity index (χ1n) is 9.62. The van der Waals surface area contributed by atoms with Gasteiger partial charge in [-0.25, -0.2) is 0 Å². The lowest BCUT2D eigenvalue weighted by molar-refractivity contribution is -0.121. The normalized spacial score (nSPS) is 17.5. The predicted molar refractivity (Wildman–Crippen MR) is 101 cm³/mol. The molecule has 1 atom stereocenters. The van der Waals surface area contributed by atoms with Gasteiger partial charge in [0.1, 0.15) is 0 Å². The van der Waals surface area contributed by atoms with E-state index in [-0.39, 0.29) is 5.91 Å². The van der Waals surface area contributed by atoms with Crippen LogP contribution in [-0.4, -0.2) is 50.7 Å². The van der Waals surface area contributed by atoms with Crippen molar-refractivity contribution in [3.8, 4) is 0 Å². The topological polar surface area (TPSA) is 41.6 Å². The summed E-state index contributed by atoms with van der Waals surface area (Å²) in [6.45, 7) is 11.6. The molecule has 1 amide bonds. The maximum atomic E-state index is 11.7. The number of rotatable bonds is 11. The van der Waals surface area contributed by atoms with Crippen molar-refractivity contribution >= 4 is 5.91 Å². The second kappa shape index (κ2) is 12.5. The van der Waals surface area contributed by atoms with Crippen molar-refractivity contribution < 1.29 is 9.53 Å². The smallest absolute Gasteiger partial charge is 0.220 e. The molecule has 0 aromatic heterocycles. The fraction of sp³-hybridized carbons (Fsp3) is 0.850. The highest BCUT2D eigenvalue weighted by molar-refractivity contribution is 5.75. The molecule has 1 saturated heterocycles. The van der Waals surface area contributed by atoms with Crippen LogP contribution >= 0.6 is 0 Å². The molecule has 1 N–H and O–H groups in total. The minimum Gasteiger partial charge on any atom is -0.383 e. The summed E-state index contributed by atoms with van der Waals surface area (Å²) in [5, 5.41) is 2.91. The molecule has 4 heteroatoms. The van der Waals surface area contributed by atoms with E-state index in [2.05, 4.69) is 37.1 Å². The number of ether oxygens (including phenoxy) is 1. The molecule has 0 spiro atoms. The van der Waals surface area contributed by atoms with Crippen LogP contribution in [0.2, 0.25) is 0 Å². The average Bonchev–Trinajstić information content (AvgIpc) is 2.54. The monoisotopic (exact) mass is 338 g/mol. The van der Waals surface area contributed by atoms with Crippen molar-refractivity contribution in [1.29, 1.82) is 0 Å². The highest BCUT2D eigenvalue weighted by atomic mass is 16.5. The maximum Gasteiger partial charge on any atom is 0.220 e.